The molecule has 1 aliphatic rings. The lowest BCUT2D eigenvalue weighted by molar-refractivity contribution is -0.139. The van der Waals surface area contributed by atoms with E-state index in [9.17, 15) is 18.0 Å². The average molecular weight is 374 g/mol. The number of piperidine rings is 1. The molecule has 1 unspecified atom stereocenters. The first-order valence-corrected chi connectivity index (χ1v) is 8.74. The van der Waals surface area contributed by atoms with Gasteiger partial charge in [-0.25, -0.2) is 0 Å². The van der Waals surface area contributed by atoms with Crippen molar-refractivity contribution >= 4 is 12.2 Å². The van der Waals surface area contributed by atoms with Crippen LogP contribution in [-0.4, -0.2) is 25.2 Å². The van der Waals surface area contributed by atoms with Gasteiger partial charge in [-0.1, -0.05) is 6.92 Å². The van der Waals surface area contributed by atoms with Gasteiger partial charge < -0.3 is 15.8 Å². The van der Waals surface area contributed by atoms with Crippen LogP contribution in [0.1, 0.15) is 57.6 Å². The van der Waals surface area contributed by atoms with Crippen molar-refractivity contribution in [1.82, 2.24) is 5.32 Å². The van der Waals surface area contributed by atoms with Gasteiger partial charge in [0, 0.05) is 5.69 Å². The summed E-state index contributed by atoms with van der Waals surface area (Å²) in [4.78, 5) is 9.60. The summed E-state index contributed by atoms with van der Waals surface area (Å²) in [5.41, 5.74) is 5.52. The summed E-state index contributed by atoms with van der Waals surface area (Å²) in [5.74, 6) is 0.524. The number of nitrogen functional groups attached to an aromatic ring is 1. The number of alkyl halides is 3. The molecule has 148 valence electrons. The molecule has 1 aliphatic heterocycles. The fraction of sp³-hybridized carbons (Fsp3) is 0.632. The summed E-state index contributed by atoms with van der Waals surface area (Å²) in [6.45, 7) is 9.78. The third-order valence-electron chi connectivity index (χ3n) is 4.32. The fourth-order valence-corrected chi connectivity index (χ4v) is 2.86. The van der Waals surface area contributed by atoms with Crippen molar-refractivity contribution in [3.05, 3.63) is 29.3 Å². The minimum absolute atomic E-state index is 0.103. The molecule has 7 heteroatoms. The van der Waals surface area contributed by atoms with E-state index in [-0.39, 0.29) is 17.2 Å². The van der Waals surface area contributed by atoms with Gasteiger partial charge in [0.05, 0.1) is 5.56 Å². The van der Waals surface area contributed by atoms with Crippen molar-refractivity contribution in [1.29, 1.82) is 0 Å². The number of halogens is 3. The van der Waals surface area contributed by atoms with Crippen LogP contribution in [0.15, 0.2) is 18.2 Å². The Labute approximate surface area is 153 Å². The maximum absolute atomic E-state index is 12.8. The standard InChI is InChI=1S/C14H19F3N2.C5H10O2/c1-9(10-2-4-19-5-3-10)11-6-12(14(15,16)17)8-13(18)7-11;1-5(2,3)7-4-6/h6-10,19H,2-5,18H2,1H3;4H,1-3H3. The summed E-state index contributed by atoms with van der Waals surface area (Å²) in [7, 11) is 0. The van der Waals surface area contributed by atoms with E-state index < -0.39 is 11.7 Å². The lowest BCUT2D eigenvalue weighted by Crippen LogP contribution is -2.30. The van der Waals surface area contributed by atoms with Crippen LogP contribution in [0, 0.1) is 5.92 Å². The highest BCUT2D eigenvalue weighted by Gasteiger charge is 2.32. The normalized spacial score (nSPS) is 17.0. The molecule has 1 aromatic carbocycles. The molecule has 0 spiro atoms. The number of nitrogens with one attached hydrogen (secondary N) is 1. The van der Waals surface area contributed by atoms with Crippen molar-refractivity contribution in [2.75, 3.05) is 18.8 Å². The lowest BCUT2D eigenvalue weighted by atomic mass is 9.81. The highest BCUT2D eigenvalue weighted by Crippen LogP contribution is 2.36. The van der Waals surface area contributed by atoms with Gasteiger partial charge in [-0.05, 0) is 82.3 Å². The number of rotatable bonds is 3. The predicted octanol–water partition coefficient (Wildman–Crippen LogP) is 4.35. The molecule has 3 N–H and O–H groups in total. The van der Waals surface area contributed by atoms with E-state index in [0.29, 0.717) is 18.0 Å². The Morgan fingerprint density at radius 3 is 2.19 bits per heavy atom. The van der Waals surface area contributed by atoms with E-state index in [1.807, 2.05) is 27.7 Å². The van der Waals surface area contributed by atoms with E-state index in [2.05, 4.69) is 10.1 Å². The fourth-order valence-electron chi connectivity index (χ4n) is 2.86. The minimum Gasteiger partial charge on any atom is -0.462 e. The molecule has 0 amide bonds. The van der Waals surface area contributed by atoms with E-state index in [0.717, 1.165) is 32.0 Å². The highest BCUT2D eigenvalue weighted by atomic mass is 19.4. The molecule has 1 aromatic rings. The van der Waals surface area contributed by atoms with Crippen LogP contribution in [0.5, 0.6) is 0 Å². The van der Waals surface area contributed by atoms with E-state index in [1.165, 1.54) is 6.07 Å². The van der Waals surface area contributed by atoms with Gasteiger partial charge in [-0.2, -0.15) is 13.2 Å². The molecule has 1 atom stereocenters. The number of carbonyl (C=O) groups is 1. The molecule has 0 bridgehead atoms. The number of nitrogens with two attached hydrogens (primary N) is 1. The molecule has 0 aliphatic carbocycles. The van der Waals surface area contributed by atoms with Crippen LogP contribution < -0.4 is 11.1 Å². The van der Waals surface area contributed by atoms with Gasteiger partial charge in [-0.3, -0.25) is 4.79 Å². The Kier molecular flexibility index (Phi) is 7.93. The summed E-state index contributed by atoms with van der Waals surface area (Å²) >= 11 is 0. The summed E-state index contributed by atoms with van der Waals surface area (Å²) in [6.07, 6.45) is -2.34. The summed E-state index contributed by atoms with van der Waals surface area (Å²) in [5, 5.41) is 3.26. The van der Waals surface area contributed by atoms with E-state index in [1.54, 1.807) is 6.07 Å². The first-order valence-electron chi connectivity index (χ1n) is 8.74. The van der Waals surface area contributed by atoms with Gasteiger partial charge in [0.1, 0.15) is 5.60 Å². The van der Waals surface area contributed by atoms with Crippen LogP contribution in [0.25, 0.3) is 0 Å². The topological polar surface area (TPSA) is 64.3 Å². The van der Waals surface area contributed by atoms with E-state index >= 15 is 0 Å². The SMILES string of the molecule is CC(C)(C)OC=O.CC(c1cc(N)cc(C(F)(F)F)c1)C1CCNCC1. The third kappa shape index (κ3) is 7.64. The maximum Gasteiger partial charge on any atom is 0.416 e. The maximum atomic E-state index is 12.8. The zero-order valence-corrected chi connectivity index (χ0v) is 15.8. The first-order chi connectivity index (χ1) is 11.9. The largest absolute Gasteiger partial charge is 0.462 e. The third-order valence-corrected chi connectivity index (χ3v) is 4.32. The van der Waals surface area contributed by atoms with Gasteiger partial charge in [0.15, 0.2) is 0 Å². The van der Waals surface area contributed by atoms with Crippen LogP contribution in [-0.2, 0) is 15.7 Å². The second-order valence-corrected chi connectivity index (χ2v) is 7.59. The Morgan fingerprint density at radius 1 is 1.19 bits per heavy atom. The molecular formula is C19H29F3N2O2. The predicted molar refractivity (Wildman–Crippen MR) is 96.8 cm³/mol. The average Bonchev–Trinajstić information content (AvgIpc) is 2.53. The lowest BCUT2D eigenvalue weighted by Gasteiger charge is -2.29. The molecular weight excluding hydrogens is 345 g/mol. The quantitative estimate of drug-likeness (QED) is 0.610. The number of ether oxygens (including phenoxy) is 1. The number of hydrogen-bond acceptors (Lipinski definition) is 4. The Bertz CT molecular complexity index is 577. The van der Waals surface area contributed by atoms with Crippen LogP contribution >= 0.6 is 0 Å². The van der Waals surface area contributed by atoms with Crippen LogP contribution in [0.3, 0.4) is 0 Å². The van der Waals surface area contributed by atoms with Crippen molar-refractivity contribution in [2.24, 2.45) is 5.92 Å². The second kappa shape index (κ2) is 9.26. The number of benzene rings is 1. The Morgan fingerprint density at radius 2 is 1.77 bits per heavy atom. The second-order valence-electron chi connectivity index (χ2n) is 7.59. The molecule has 4 nitrogen and oxygen atoms in total. The van der Waals surface area contributed by atoms with Gasteiger partial charge in [-0.15, -0.1) is 0 Å². The molecule has 2 rings (SSSR count). The summed E-state index contributed by atoms with van der Waals surface area (Å²) < 4.78 is 42.9. The first kappa shape index (κ1) is 22.3. The smallest absolute Gasteiger partial charge is 0.416 e. The van der Waals surface area contributed by atoms with Crippen molar-refractivity contribution in [3.63, 3.8) is 0 Å². The zero-order valence-electron chi connectivity index (χ0n) is 15.8. The van der Waals surface area contributed by atoms with Crippen LogP contribution in [0.4, 0.5) is 18.9 Å². The van der Waals surface area contributed by atoms with Crippen molar-refractivity contribution in [2.45, 2.75) is 58.2 Å². The molecule has 1 heterocycles. The van der Waals surface area contributed by atoms with E-state index in [4.69, 9.17) is 5.73 Å². The number of anilines is 1. The molecule has 1 saturated heterocycles. The molecule has 1 fully saturated rings. The highest BCUT2D eigenvalue weighted by molar-refractivity contribution is 5.46. The Hall–Kier alpha value is -1.76. The zero-order chi connectivity index (χ0) is 20.0. The van der Waals surface area contributed by atoms with Gasteiger partial charge >= 0.3 is 6.18 Å². The minimum atomic E-state index is -4.34. The number of carbonyl (C=O) groups excluding carboxylic acids is 1. The Balaban J connectivity index is 0.000000412. The monoisotopic (exact) mass is 374 g/mol. The molecule has 0 radical (unpaired) electrons. The summed E-state index contributed by atoms with van der Waals surface area (Å²) in [6, 6.07) is 3.91. The molecule has 26 heavy (non-hydrogen) atoms. The van der Waals surface area contributed by atoms with Crippen molar-refractivity contribution in [3.8, 4) is 0 Å². The van der Waals surface area contributed by atoms with Crippen molar-refractivity contribution < 1.29 is 22.7 Å². The molecule has 0 saturated carbocycles. The molecule has 0 aromatic heterocycles. The van der Waals surface area contributed by atoms with Gasteiger partial charge in [0.25, 0.3) is 6.47 Å². The van der Waals surface area contributed by atoms with Crippen LogP contribution in [0.2, 0.25) is 0 Å². The van der Waals surface area contributed by atoms with Gasteiger partial charge in [0.2, 0.25) is 0 Å². The number of hydrogen-bond donors (Lipinski definition) is 2.